The number of benzene rings is 2. The van der Waals surface area contributed by atoms with Gasteiger partial charge in [-0.15, -0.1) is 11.8 Å². The van der Waals surface area contributed by atoms with E-state index in [4.69, 9.17) is 9.73 Å². The summed E-state index contributed by atoms with van der Waals surface area (Å²) in [6, 6.07) is 16.6. The zero-order valence-corrected chi connectivity index (χ0v) is 21.3. The van der Waals surface area contributed by atoms with Crippen molar-refractivity contribution in [1.29, 1.82) is 0 Å². The van der Waals surface area contributed by atoms with Gasteiger partial charge in [-0.25, -0.2) is 0 Å². The summed E-state index contributed by atoms with van der Waals surface area (Å²) in [6.07, 6.45) is 2.04. The molecule has 174 valence electrons. The van der Waals surface area contributed by atoms with E-state index >= 15 is 0 Å². The maximum Gasteiger partial charge on any atom is 0.254 e. The van der Waals surface area contributed by atoms with E-state index < -0.39 is 0 Å². The average molecular weight is 481 g/mol. The highest BCUT2D eigenvalue weighted by atomic mass is 32.2. The molecule has 6 heteroatoms. The van der Waals surface area contributed by atoms with Gasteiger partial charge in [0.05, 0.1) is 11.6 Å². The Labute approximate surface area is 205 Å². The minimum Gasteiger partial charge on any atom is -0.381 e. The van der Waals surface area contributed by atoms with Crippen LogP contribution in [0.1, 0.15) is 48.2 Å². The van der Waals surface area contributed by atoms with Crippen molar-refractivity contribution in [3.05, 3.63) is 70.1 Å². The van der Waals surface area contributed by atoms with Gasteiger partial charge in [-0.2, -0.15) is 0 Å². The number of carbonyl (C=O) groups excluding carboxylic acids is 1. The zero-order valence-electron chi connectivity index (χ0n) is 19.7. The van der Waals surface area contributed by atoms with Gasteiger partial charge in [-0.1, -0.05) is 41.6 Å². The molecule has 0 unspecified atom stereocenters. The van der Waals surface area contributed by atoms with E-state index in [1.54, 1.807) is 11.8 Å². The first-order valence-corrected chi connectivity index (χ1v) is 13.5. The van der Waals surface area contributed by atoms with Crippen molar-refractivity contribution in [3.8, 4) is 0 Å². The van der Waals surface area contributed by atoms with Gasteiger partial charge < -0.3 is 9.64 Å². The van der Waals surface area contributed by atoms with Crippen molar-refractivity contribution < 1.29 is 9.53 Å². The van der Waals surface area contributed by atoms with Crippen molar-refractivity contribution in [2.24, 2.45) is 10.9 Å². The Kier molecular flexibility index (Phi) is 8.34. The third kappa shape index (κ3) is 6.31. The Morgan fingerprint density at radius 3 is 2.33 bits per heavy atom. The minimum absolute atomic E-state index is 0.115. The van der Waals surface area contributed by atoms with Gasteiger partial charge in [0, 0.05) is 58.1 Å². The van der Waals surface area contributed by atoms with E-state index in [1.807, 2.05) is 40.9 Å². The third-order valence-electron chi connectivity index (χ3n) is 6.17. The van der Waals surface area contributed by atoms with Gasteiger partial charge in [-0.05, 0) is 57.9 Å². The summed E-state index contributed by atoms with van der Waals surface area (Å²) in [5.74, 6) is 2.38. The van der Waals surface area contributed by atoms with Gasteiger partial charge in [0.2, 0.25) is 0 Å². The molecule has 0 spiro atoms. The molecular weight excluding hydrogens is 448 g/mol. The van der Waals surface area contributed by atoms with Crippen molar-refractivity contribution in [2.75, 3.05) is 31.4 Å². The number of rotatable bonds is 6. The lowest BCUT2D eigenvalue weighted by atomic mass is 9.95. The summed E-state index contributed by atoms with van der Waals surface area (Å²) in [6.45, 7) is 8.83. The van der Waals surface area contributed by atoms with Gasteiger partial charge >= 0.3 is 0 Å². The molecule has 0 aromatic heterocycles. The molecule has 2 fully saturated rings. The van der Waals surface area contributed by atoms with E-state index in [9.17, 15) is 4.79 Å². The lowest BCUT2D eigenvalue weighted by Crippen LogP contribution is -2.27. The smallest absolute Gasteiger partial charge is 0.254 e. The van der Waals surface area contributed by atoms with Crippen LogP contribution in [-0.2, 0) is 4.74 Å². The number of hydrogen-bond acceptors (Lipinski definition) is 5. The van der Waals surface area contributed by atoms with Crippen LogP contribution in [0, 0.1) is 12.8 Å². The first-order valence-electron chi connectivity index (χ1n) is 11.6. The Hall–Kier alpha value is -2.02. The summed E-state index contributed by atoms with van der Waals surface area (Å²) in [7, 11) is 0. The number of aryl methyl sites for hydroxylation is 1. The monoisotopic (exact) mass is 480 g/mol. The number of hydrogen-bond donors (Lipinski definition) is 0. The molecule has 4 rings (SSSR count). The second-order valence-electron chi connectivity index (χ2n) is 8.64. The number of carbonyl (C=O) groups is 1. The molecule has 0 N–H and O–H groups in total. The summed E-state index contributed by atoms with van der Waals surface area (Å²) < 4.78 is 5.54. The highest BCUT2D eigenvalue weighted by Crippen LogP contribution is 2.34. The van der Waals surface area contributed by atoms with Crippen LogP contribution in [0.5, 0.6) is 0 Å². The van der Waals surface area contributed by atoms with Crippen molar-refractivity contribution in [1.82, 2.24) is 4.90 Å². The zero-order chi connectivity index (χ0) is 23.2. The van der Waals surface area contributed by atoms with Crippen LogP contribution >= 0.6 is 23.5 Å². The molecular formula is C27H32N2O2S2. The van der Waals surface area contributed by atoms with E-state index in [2.05, 4.69) is 45.0 Å². The minimum atomic E-state index is 0.115. The molecule has 2 aliphatic rings. The molecule has 2 aromatic rings. The normalized spacial score (nSPS) is 18.4. The first-order chi connectivity index (χ1) is 16.0. The average Bonchev–Trinajstić information content (AvgIpc) is 3.39. The second-order valence-corrected chi connectivity index (χ2v) is 11.0. The second kappa shape index (κ2) is 11.4. The van der Waals surface area contributed by atoms with Crippen LogP contribution in [0.15, 0.2) is 63.3 Å². The lowest BCUT2D eigenvalue weighted by Gasteiger charge is -2.22. The van der Waals surface area contributed by atoms with Crippen LogP contribution < -0.4 is 0 Å². The predicted molar refractivity (Wildman–Crippen MR) is 141 cm³/mol. The molecule has 0 bridgehead atoms. The summed E-state index contributed by atoms with van der Waals surface area (Å²) in [5.41, 5.74) is 5.19. The number of amides is 1. The fraction of sp³-hybridized carbons (Fsp3) is 0.407. The summed E-state index contributed by atoms with van der Waals surface area (Å²) in [4.78, 5) is 22.2. The highest BCUT2D eigenvalue weighted by molar-refractivity contribution is 8.03. The van der Waals surface area contributed by atoms with Gasteiger partial charge in [0.1, 0.15) is 0 Å². The van der Waals surface area contributed by atoms with E-state index in [-0.39, 0.29) is 5.91 Å². The molecule has 0 atom stereocenters. The highest BCUT2D eigenvalue weighted by Gasteiger charge is 2.21. The molecule has 2 heterocycles. The van der Waals surface area contributed by atoms with Crippen LogP contribution in [0.3, 0.4) is 0 Å². The molecule has 0 aliphatic carbocycles. The van der Waals surface area contributed by atoms with Gasteiger partial charge in [0.15, 0.2) is 0 Å². The Bertz CT molecular complexity index is 1020. The molecule has 1 amide bonds. The predicted octanol–water partition coefficient (Wildman–Crippen LogP) is 6.51. The fourth-order valence-electron chi connectivity index (χ4n) is 4.09. The van der Waals surface area contributed by atoms with Crippen LogP contribution in [-0.4, -0.2) is 47.9 Å². The molecule has 2 saturated heterocycles. The molecule has 33 heavy (non-hydrogen) atoms. The number of ether oxygens (including phenoxy) is 1. The van der Waals surface area contributed by atoms with E-state index in [1.165, 1.54) is 10.5 Å². The number of aliphatic imine (C=N–C) groups is 1. The molecule has 2 aliphatic heterocycles. The largest absolute Gasteiger partial charge is 0.381 e. The van der Waals surface area contributed by atoms with Crippen LogP contribution in [0.4, 0.5) is 0 Å². The topological polar surface area (TPSA) is 41.9 Å². The van der Waals surface area contributed by atoms with Crippen molar-refractivity contribution >= 4 is 40.8 Å². The Morgan fingerprint density at radius 1 is 1.03 bits per heavy atom. The molecule has 0 radical (unpaired) electrons. The Morgan fingerprint density at radius 2 is 1.70 bits per heavy atom. The quantitative estimate of drug-likeness (QED) is 0.349. The fourth-order valence-corrected chi connectivity index (χ4v) is 5.92. The van der Waals surface area contributed by atoms with Gasteiger partial charge in [-0.3, -0.25) is 9.79 Å². The number of thioether (sulfide) groups is 2. The maximum atomic E-state index is 12.8. The third-order valence-corrected chi connectivity index (χ3v) is 8.14. The van der Waals surface area contributed by atoms with Gasteiger partial charge in [0.25, 0.3) is 5.91 Å². The molecule has 0 saturated carbocycles. The van der Waals surface area contributed by atoms with E-state index in [0.717, 1.165) is 71.7 Å². The molecule has 2 aromatic carbocycles. The standard InChI is InChI=1S/C27H32N2O2S2/c1-19-4-10-25(11-5-19)33-21(3)26(28-20(2)22-12-15-31-16-13-22)23-6-8-24(9-7-23)27(30)29-14-17-32-18-29/h4-11,22H,12-18H2,1-3H3/b26-21+,28-20+. The first kappa shape index (κ1) is 24.1. The lowest BCUT2D eigenvalue weighted by molar-refractivity contribution is 0.0802. The maximum absolute atomic E-state index is 12.8. The molecule has 4 nitrogen and oxygen atoms in total. The van der Waals surface area contributed by atoms with Crippen molar-refractivity contribution in [2.45, 2.75) is 38.5 Å². The number of nitrogens with zero attached hydrogens (tertiary/aromatic N) is 2. The summed E-state index contributed by atoms with van der Waals surface area (Å²) in [5, 5.41) is 0. The van der Waals surface area contributed by atoms with Crippen LogP contribution in [0.25, 0.3) is 5.70 Å². The van der Waals surface area contributed by atoms with E-state index in [0.29, 0.717) is 5.92 Å². The Balaban J connectivity index is 1.63. The SMILES string of the molecule is C/C(=N\C(=C(/C)Sc1ccc(C)cc1)c1ccc(C(=O)N2CCSC2)cc1)C1CCOCC1. The summed E-state index contributed by atoms with van der Waals surface area (Å²) >= 11 is 3.55. The number of allylic oxidation sites excluding steroid dienone is 1. The van der Waals surface area contributed by atoms with Crippen molar-refractivity contribution in [3.63, 3.8) is 0 Å². The van der Waals surface area contributed by atoms with Crippen LogP contribution in [0.2, 0.25) is 0 Å².